The standard InChI is InChI=1S/C12H15NO2/c1-8(2)9-4-5-10-11(6-9)15-7-12(14)13(10)3/h4-6,8H,7H2,1-3H3. The van der Waals surface area contributed by atoms with Gasteiger partial charge in [-0.15, -0.1) is 0 Å². The van der Waals surface area contributed by atoms with E-state index in [0.29, 0.717) is 5.92 Å². The Hall–Kier alpha value is -1.51. The number of rotatable bonds is 1. The normalized spacial score (nSPS) is 15.2. The number of amides is 1. The number of ether oxygens (including phenoxy) is 1. The summed E-state index contributed by atoms with van der Waals surface area (Å²) in [6, 6.07) is 6.01. The van der Waals surface area contributed by atoms with Gasteiger partial charge in [0.25, 0.3) is 5.91 Å². The second-order valence-electron chi connectivity index (χ2n) is 4.12. The lowest BCUT2D eigenvalue weighted by Gasteiger charge is -2.26. The summed E-state index contributed by atoms with van der Waals surface area (Å²) in [6.07, 6.45) is 0. The smallest absolute Gasteiger partial charge is 0.264 e. The zero-order valence-electron chi connectivity index (χ0n) is 9.28. The lowest BCUT2D eigenvalue weighted by molar-refractivity contribution is -0.120. The Morgan fingerprint density at radius 1 is 1.40 bits per heavy atom. The van der Waals surface area contributed by atoms with Gasteiger partial charge in [-0.05, 0) is 23.6 Å². The minimum absolute atomic E-state index is 0.000188. The molecule has 0 fully saturated rings. The summed E-state index contributed by atoms with van der Waals surface area (Å²) in [5, 5.41) is 0. The van der Waals surface area contributed by atoms with Crippen LogP contribution in [0.15, 0.2) is 18.2 Å². The second kappa shape index (κ2) is 3.57. The molecule has 0 N–H and O–H groups in total. The molecule has 1 aromatic rings. The van der Waals surface area contributed by atoms with E-state index in [1.807, 2.05) is 18.2 Å². The maximum Gasteiger partial charge on any atom is 0.264 e. The molecule has 3 nitrogen and oxygen atoms in total. The van der Waals surface area contributed by atoms with E-state index in [2.05, 4.69) is 13.8 Å². The van der Waals surface area contributed by atoms with E-state index in [-0.39, 0.29) is 12.5 Å². The SMILES string of the molecule is CC(C)c1ccc2c(c1)OCC(=O)N2C. The molecule has 0 radical (unpaired) electrons. The van der Waals surface area contributed by atoms with Crippen LogP contribution in [0.2, 0.25) is 0 Å². The number of nitrogens with zero attached hydrogens (tertiary/aromatic N) is 1. The number of hydrogen-bond donors (Lipinski definition) is 0. The average molecular weight is 205 g/mol. The van der Waals surface area contributed by atoms with Gasteiger partial charge in [0, 0.05) is 7.05 Å². The summed E-state index contributed by atoms with van der Waals surface area (Å²) in [5.74, 6) is 1.28. The highest BCUT2D eigenvalue weighted by molar-refractivity contribution is 5.97. The van der Waals surface area contributed by atoms with Crippen LogP contribution in [0.5, 0.6) is 5.75 Å². The van der Waals surface area contributed by atoms with Crippen LogP contribution in [0.1, 0.15) is 25.3 Å². The minimum atomic E-state index is -0.000188. The molecule has 0 saturated carbocycles. The average Bonchev–Trinajstić information content (AvgIpc) is 2.23. The maximum absolute atomic E-state index is 11.4. The Balaban J connectivity index is 2.42. The van der Waals surface area contributed by atoms with Crippen molar-refractivity contribution in [1.82, 2.24) is 0 Å². The molecule has 0 saturated heterocycles. The van der Waals surface area contributed by atoms with Gasteiger partial charge < -0.3 is 9.64 Å². The van der Waals surface area contributed by atoms with Crippen molar-refractivity contribution in [3.05, 3.63) is 23.8 Å². The second-order valence-corrected chi connectivity index (χ2v) is 4.12. The fourth-order valence-corrected chi connectivity index (χ4v) is 1.65. The fraction of sp³-hybridized carbons (Fsp3) is 0.417. The monoisotopic (exact) mass is 205 g/mol. The lowest BCUT2D eigenvalue weighted by atomic mass is 10.0. The first-order valence-corrected chi connectivity index (χ1v) is 5.13. The van der Waals surface area contributed by atoms with Crippen LogP contribution < -0.4 is 9.64 Å². The molecule has 0 unspecified atom stereocenters. The van der Waals surface area contributed by atoms with E-state index >= 15 is 0 Å². The maximum atomic E-state index is 11.4. The van der Waals surface area contributed by atoms with E-state index < -0.39 is 0 Å². The number of benzene rings is 1. The predicted octanol–water partition coefficient (Wildman–Crippen LogP) is 2.17. The molecule has 0 atom stereocenters. The summed E-state index contributed by atoms with van der Waals surface area (Å²) in [6.45, 7) is 4.42. The van der Waals surface area contributed by atoms with E-state index in [4.69, 9.17) is 4.74 Å². The van der Waals surface area contributed by atoms with Crippen molar-refractivity contribution in [2.45, 2.75) is 19.8 Å². The summed E-state index contributed by atoms with van der Waals surface area (Å²) in [7, 11) is 1.78. The third-order valence-electron chi connectivity index (χ3n) is 2.74. The molecule has 0 aliphatic carbocycles. The number of carbonyl (C=O) groups is 1. The Morgan fingerprint density at radius 2 is 2.13 bits per heavy atom. The van der Waals surface area contributed by atoms with Gasteiger partial charge in [0.2, 0.25) is 0 Å². The van der Waals surface area contributed by atoms with Crippen LogP contribution >= 0.6 is 0 Å². The third-order valence-corrected chi connectivity index (χ3v) is 2.74. The lowest BCUT2D eigenvalue weighted by Crippen LogP contribution is -2.35. The third kappa shape index (κ3) is 1.69. The highest BCUT2D eigenvalue weighted by Gasteiger charge is 2.22. The minimum Gasteiger partial charge on any atom is -0.482 e. The molecule has 0 aromatic heterocycles. The van der Waals surface area contributed by atoms with Gasteiger partial charge in [-0.1, -0.05) is 19.9 Å². The van der Waals surface area contributed by atoms with Crippen molar-refractivity contribution in [2.75, 3.05) is 18.6 Å². The topological polar surface area (TPSA) is 29.5 Å². The van der Waals surface area contributed by atoms with Crippen LogP contribution in [0.25, 0.3) is 0 Å². The van der Waals surface area contributed by atoms with Crippen molar-refractivity contribution >= 4 is 11.6 Å². The van der Waals surface area contributed by atoms with Gasteiger partial charge in [0.05, 0.1) is 5.69 Å². The number of anilines is 1. The van der Waals surface area contributed by atoms with Crippen LogP contribution in [-0.4, -0.2) is 19.6 Å². The summed E-state index contributed by atoms with van der Waals surface area (Å²) >= 11 is 0. The van der Waals surface area contributed by atoms with Gasteiger partial charge in [-0.25, -0.2) is 0 Å². The van der Waals surface area contributed by atoms with Gasteiger partial charge in [-0.2, -0.15) is 0 Å². The van der Waals surface area contributed by atoms with Crippen LogP contribution in [-0.2, 0) is 4.79 Å². The van der Waals surface area contributed by atoms with E-state index in [9.17, 15) is 4.79 Å². The van der Waals surface area contributed by atoms with Crippen molar-refractivity contribution in [2.24, 2.45) is 0 Å². The van der Waals surface area contributed by atoms with Crippen LogP contribution in [0, 0.1) is 0 Å². The predicted molar refractivity (Wildman–Crippen MR) is 59.4 cm³/mol. The van der Waals surface area contributed by atoms with E-state index in [1.54, 1.807) is 11.9 Å². The molecule has 2 rings (SSSR count). The Kier molecular flexibility index (Phi) is 2.39. The molecule has 1 aliphatic rings. The van der Waals surface area contributed by atoms with Gasteiger partial charge in [0.1, 0.15) is 5.75 Å². The Bertz CT molecular complexity index is 399. The highest BCUT2D eigenvalue weighted by Crippen LogP contribution is 2.33. The van der Waals surface area contributed by atoms with Gasteiger partial charge in [-0.3, -0.25) is 4.79 Å². The Labute approximate surface area is 89.7 Å². The zero-order chi connectivity index (χ0) is 11.0. The van der Waals surface area contributed by atoms with Crippen molar-refractivity contribution in [1.29, 1.82) is 0 Å². The summed E-state index contributed by atoms with van der Waals surface area (Å²) in [4.78, 5) is 13.0. The van der Waals surface area contributed by atoms with Crippen molar-refractivity contribution in [3.63, 3.8) is 0 Å². The van der Waals surface area contributed by atoms with Gasteiger partial charge in [0.15, 0.2) is 6.61 Å². The van der Waals surface area contributed by atoms with Crippen molar-refractivity contribution < 1.29 is 9.53 Å². The fourth-order valence-electron chi connectivity index (χ4n) is 1.65. The highest BCUT2D eigenvalue weighted by atomic mass is 16.5. The first-order valence-electron chi connectivity index (χ1n) is 5.13. The van der Waals surface area contributed by atoms with Crippen LogP contribution in [0.3, 0.4) is 0 Å². The molecule has 80 valence electrons. The van der Waals surface area contributed by atoms with E-state index in [0.717, 1.165) is 11.4 Å². The largest absolute Gasteiger partial charge is 0.482 e. The number of fused-ring (bicyclic) bond motifs is 1. The molecule has 3 heteroatoms. The number of carbonyl (C=O) groups excluding carboxylic acids is 1. The summed E-state index contributed by atoms with van der Waals surface area (Å²) < 4.78 is 5.41. The first-order chi connectivity index (χ1) is 7.09. The van der Waals surface area contributed by atoms with Crippen molar-refractivity contribution in [3.8, 4) is 5.75 Å². The quantitative estimate of drug-likeness (QED) is 0.703. The Morgan fingerprint density at radius 3 is 2.80 bits per heavy atom. The molecular weight excluding hydrogens is 190 g/mol. The van der Waals surface area contributed by atoms with Gasteiger partial charge >= 0.3 is 0 Å². The molecule has 0 spiro atoms. The van der Waals surface area contributed by atoms with Crippen LogP contribution in [0.4, 0.5) is 5.69 Å². The molecule has 1 aromatic carbocycles. The zero-order valence-corrected chi connectivity index (χ0v) is 9.28. The molecule has 15 heavy (non-hydrogen) atoms. The number of likely N-dealkylation sites (N-methyl/N-ethyl adjacent to an activating group) is 1. The molecule has 0 bridgehead atoms. The number of hydrogen-bond acceptors (Lipinski definition) is 2. The first kappa shape index (κ1) is 10.0. The molecule has 1 amide bonds. The molecule has 1 heterocycles. The molecular formula is C12H15NO2. The molecule has 1 aliphatic heterocycles. The summed E-state index contributed by atoms with van der Waals surface area (Å²) in [5.41, 5.74) is 2.09. The van der Waals surface area contributed by atoms with E-state index in [1.165, 1.54) is 5.56 Å².